The minimum Gasteiger partial charge on any atom is -0.464 e. The Labute approximate surface area is 248 Å². The molecule has 11 heteroatoms. The third kappa shape index (κ3) is 8.12. The lowest BCUT2D eigenvalue weighted by Gasteiger charge is -2.33. The first-order valence-electron chi connectivity index (χ1n) is 14.2. The van der Waals surface area contributed by atoms with Gasteiger partial charge in [0.15, 0.2) is 0 Å². The minimum absolute atomic E-state index is 0.171. The lowest BCUT2D eigenvalue weighted by molar-refractivity contribution is -0.147. The SMILES string of the molecule is CCOC(=O)[C@H](C)NC(=O)CC1CCN(c2ccc(NC(=O)c3cccc(C)c3-c3ccc(C(F)(F)F)cc3)nc2)CC1. The molecule has 2 N–H and O–H groups in total. The van der Waals surface area contributed by atoms with E-state index in [4.69, 9.17) is 4.74 Å². The number of amides is 2. The quantitative estimate of drug-likeness (QED) is 0.294. The third-order valence-corrected chi connectivity index (χ3v) is 7.48. The first-order valence-corrected chi connectivity index (χ1v) is 14.2. The molecule has 0 aliphatic carbocycles. The number of piperidine rings is 1. The monoisotopic (exact) mass is 596 g/mol. The average molecular weight is 597 g/mol. The zero-order chi connectivity index (χ0) is 31.1. The number of aromatic nitrogens is 1. The lowest BCUT2D eigenvalue weighted by Crippen LogP contribution is -2.41. The maximum absolute atomic E-state index is 13.2. The molecule has 1 atom stereocenters. The number of carbonyl (C=O) groups is 3. The smallest absolute Gasteiger partial charge is 0.416 e. The van der Waals surface area contributed by atoms with Gasteiger partial charge in [-0.1, -0.05) is 24.3 Å². The Morgan fingerprint density at radius 2 is 1.74 bits per heavy atom. The molecule has 0 bridgehead atoms. The fraction of sp³-hybridized carbons (Fsp3) is 0.375. The first-order chi connectivity index (χ1) is 20.5. The molecule has 0 radical (unpaired) electrons. The van der Waals surface area contributed by atoms with Crippen LogP contribution in [0.3, 0.4) is 0 Å². The van der Waals surface area contributed by atoms with Crippen LogP contribution in [-0.4, -0.2) is 48.5 Å². The molecule has 4 rings (SSSR count). The van der Waals surface area contributed by atoms with Gasteiger partial charge in [0.25, 0.3) is 5.91 Å². The van der Waals surface area contributed by atoms with Crippen LogP contribution in [0.1, 0.15) is 54.6 Å². The summed E-state index contributed by atoms with van der Waals surface area (Å²) in [6.07, 6.45) is -0.815. The largest absolute Gasteiger partial charge is 0.464 e. The fourth-order valence-electron chi connectivity index (χ4n) is 5.18. The Balaban J connectivity index is 1.34. The topological polar surface area (TPSA) is 101 Å². The standard InChI is InChI=1S/C32H35F3N4O4/c1-4-43-31(42)21(3)37-28(40)18-22-14-16-39(17-15-22)25-12-13-27(36-19-25)38-30(41)26-7-5-6-20(2)29(26)23-8-10-24(11-9-23)32(33,34)35/h5-13,19,21-22H,4,14-18H2,1-3H3,(H,37,40)(H,36,38,41)/t21-/m0/s1. The summed E-state index contributed by atoms with van der Waals surface area (Å²) in [6, 6.07) is 12.8. The van der Waals surface area contributed by atoms with Gasteiger partial charge in [0.2, 0.25) is 5.91 Å². The van der Waals surface area contributed by atoms with Crippen LogP contribution in [0.2, 0.25) is 0 Å². The zero-order valence-corrected chi connectivity index (χ0v) is 24.3. The molecule has 1 aliphatic heterocycles. The van der Waals surface area contributed by atoms with Crippen molar-refractivity contribution in [1.29, 1.82) is 0 Å². The Morgan fingerprint density at radius 3 is 2.35 bits per heavy atom. The van der Waals surface area contributed by atoms with Crippen molar-refractivity contribution in [2.45, 2.75) is 52.3 Å². The van der Waals surface area contributed by atoms with E-state index in [0.717, 1.165) is 49.3 Å². The molecule has 228 valence electrons. The van der Waals surface area contributed by atoms with Crippen LogP contribution < -0.4 is 15.5 Å². The van der Waals surface area contributed by atoms with Gasteiger partial charge in [-0.2, -0.15) is 13.2 Å². The second-order valence-electron chi connectivity index (χ2n) is 10.6. The van der Waals surface area contributed by atoms with E-state index in [2.05, 4.69) is 20.5 Å². The van der Waals surface area contributed by atoms with Crippen molar-refractivity contribution in [3.8, 4) is 11.1 Å². The summed E-state index contributed by atoms with van der Waals surface area (Å²) in [6.45, 7) is 6.86. The molecule has 1 fully saturated rings. The van der Waals surface area contributed by atoms with Crippen molar-refractivity contribution >= 4 is 29.3 Å². The molecule has 1 aliphatic rings. The third-order valence-electron chi connectivity index (χ3n) is 7.48. The van der Waals surface area contributed by atoms with Crippen molar-refractivity contribution in [2.24, 2.45) is 5.92 Å². The number of nitrogens with one attached hydrogen (secondary N) is 2. The maximum atomic E-state index is 13.2. The molecule has 1 aromatic heterocycles. The Hall–Kier alpha value is -4.41. The maximum Gasteiger partial charge on any atom is 0.416 e. The van der Waals surface area contributed by atoms with E-state index in [1.54, 1.807) is 51.2 Å². The Kier molecular flexibility index (Phi) is 10.1. The zero-order valence-electron chi connectivity index (χ0n) is 24.3. The summed E-state index contributed by atoms with van der Waals surface area (Å²) < 4.78 is 44.0. The van der Waals surface area contributed by atoms with Crippen LogP contribution in [0.15, 0.2) is 60.8 Å². The van der Waals surface area contributed by atoms with Crippen molar-refractivity contribution in [1.82, 2.24) is 10.3 Å². The Bertz CT molecular complexity index is 1430. The second-order valence-corrected chi connectivity index (χ2v) is 10.6. The van der Waals surface area contributed by atoms with E-state index in [-0.39, 0.29) is 18.4 Å². The molecule has 43 heavy (non-hydrogen) atoms. The number of alkyl halides is 3. The van der Waals surface area contributed by atoms with E-state index < -0.39 is 29.7 Å². The summed E-state index contributed by atoms with van der Waals surface area (Å²) in [5.41, 5.74) is 2.28. The van der Waals surface area contributed by atoms with Crippen LogP contribution in [0.4, 0.5) is 24.7 Å². The van der Waals surface area contributed by atoms with Gasteiger partial charge in [0.05, 0.1) is 24.1 Å². The second kappa shape index (κ2) is 13.7. The van der Waals surface area contributed by atoms with Crippen molar-refractivity contribution in [3.63, 3.8) is 0 Å². The lowest BCUT2D eigenvalue weighted by atomic mass is 9.93. The van der Waals surface area contributed by atoms with Crippen LogP contribution in [-0.2, 0) is 20.5 Å². The molecular formula is C32H35F3N4O4. The number of esters is 1. The van der Waals surface area contributed by atoms with Gasteiger partial charge < -0.3 is 20.3 Å². The number of nitrogens with zero attached hydrogens (tertiary/aromatic N) is 2. The predicted octanol–water partition coefficient (Wildman–Crippen LogP) is 6.00. The number of benzene rings is 2. The summed E-state index contributed by atoms with van der Waals surface area (Å²) in [5.74, 6) is -0.497. The summed E-state index contributed by atoms with van der Waals surface area (Å²) in [7, 11) is 0. The number of hydrogen-bond acceptors (Lipinski definition) is 6. The Morgan fingerprint density at radius 1 is 1.05 bits per heavy atom. The van der Waals surface area contributed by atoms with Gasteiger partial charge in [-0.25, -0.2) is 9.78 Å². The highest BCUT2D eigenvalue weighted by Gasteiger charge is 2.30. The number of pyridine rings is 1. The van der Waals surface area contributed by atoms with Crippen LogP contribution in [0.5, 0.6) is 0 Å². The van der Waals surface area contributed by atoms with Gasteiger partial charge in [-0.15, -0.1) is 0 Å². The van der Waals surface area contributed by atoms with Crippen LogP contribution in [0, 0.1) is 12.8 Å². The number of anilines is 2. The molecule has 0 unspecified atom stereocenters. The van der Waals surface area contributed by atoms with Gasteiger partial charge in [-0.3, -0.25) is 9.59 Å². The van der Waals surface area contributed by atoms with E-state index >= 15 is 0 Å². The van der Waals surface area contributed by atoms with E-state index in [0.29, 0.717) is 28.9 Å². The van der Waals surface area contributed by atoms with E-state index in [1.165, 1.54) is 12.1 Å². The van der Waals surface area contributed by atoms with Gasteiger partial charge in [0.1, 0.15) is 11.9 Å². The number of carbonyl (C=O) groups excluding carboxylic acids is 3. The normalized spacial score (nSPS) is 14.6. The van der Waals surface area contributed by atoms with E-state index in [1.807, 2.05) is 6.07 Å². The van der Waals surface area contributed by atoms with Crippen LogP contribution in [0.25, 0.3) is 11.1 Å². The molecule has 8 nitrogen and oxygen atoms in total. The molecular weight excluding hydrogens is 561 g/mol. The molecule has 2 aromatic carbocycles. The minimum atomic E-state index is -4.44. The van der Waals surface area contributed by atoms with Crippen molar-refractivity contribution < 1.29 is 32.3 Å². The molecule has 1 saturated heterocycles. The average Bonchev–Trinajstić information content (AvgIpc) is 2.97. The summed E-state index contributed by atoms with van der Waals surface area (Å²) >= 11 is 0. The molecule has 2 heterocycles. The molecule has 3 aromatic rings. The fourth-order valence-corrected chi connectivity index (χ4v) is 5.18. The van der Waals surface area contributed by atoms with Gasteiger partial charge in [-0.05, 0) is 86.6 Å². The summed E-state index contributed by atoms with van der Waals surface area (Å²) in [5, 5.41) is 5.49. The number of ether oxygens (including phenoxy) is 1. The highest BCUT2D eigenvalue weighted by molar-refractivity contribution is 6.08. The predicted molar refractivity (Wildman–Crippen MR) is 158 cm³/mol. The number of halogens is 3. The number of aryl methyl sites for hydroxylation is 1. The molecule has 2 amide bonds. The first kappa shape index (κ1) is 31.5. The highest BCUT2D eigenvalue weighted by atomic mass is 19.4. The molecule has 0 saturated carbocycles. The van der Waals surface area contributed by atoms with E-state index in [9.17, 15) is 27.6 Å². The number of hydrogen-bond donors (Lipinski definition) is 2. The summed E-state index contributed by atoms with van der Waals surface area (Å²) in [4.78, 5) is 43.9. The highest BCUT2D eigenvalue weighted by Crippen LogP contribution is 2.33. The van der Waals surface area contributed by atoms with Gasteiger partial charge in [0, 0.05) is 25.1 Å². The molecule has 0 spiro atoms. The van der Waals surface area contributed by atoms with Crippen molar-refractivity contribution in [2.75, 3.05) is 29.9 Å². The van der Waals surface area contributed by atoms with Crippen molar-refractivity contribution in [3.05, 3.63) is 77.5 Å². The van der Waals surface area contributed by atoms with Crippen LogP contribution >= 0.6 is 0 Å². The number of rotatable bonds is 9. The van der Waals surface area contributed by atoms with Gasteiger partial charge >= 0.3 is 12.1 Å².